The number of benzene rings is 2. The molecule has 6 nitrogen and oxygen atoms in total. The molecule has 1 heterocycles. The number of aromatic hydroxyl groups is 1. The summed E-state index contributed by atoms with van der Waals surface area (Å²) in [5, 5.41) is 19.2. The lowest BCUT2D eigenvalue weighted by Crippen LogP contribution is -2.14. The molecule has 1 aromatic heterocycles. The molecule has 0 aliphatic rings. The van der Waals surface area contributed by atoms with Gasteiger partial charge in [0.1, 0.15) is 28.8 Å². The van der Waals surface area contributed by atoms with Crippen LogP contribution in [0.4, 0.5) is 0 Å². The lowest BCUT2D eigenvalue weighted by Gasteiger charge is -2.17. The smallest absolute Gasteiger partial charge is 0.165 e. The van der Waals surface area contributed by atoms with Gasteiger partial charge in [0.25, 0.3) is 0 Å². The van der Waals surface area contributed by atoms with E-state index in [1.807, 2.05) is 24.3 Å². The van der Waals surface area contributed by atoms with Crippen LogP contribution in [0.25, 0.3) is 16.7 Å². The standard InChI is InChI=1S/C22H23N3O3/c1-15(2)22(28)17(8-4-3-7-13-26)16-11-12-21(27)20(14-16)25-23-18-9-5-6-10-19(18)24-25/h5-6,9-14,17,27H,1,3-4,7-8H2,2H3. The molecule has 0 saturated heterocycles. The number of hydrogen-bond acceptors (Lipinski definition) is 5. The summed E-state index contributed by atoms with van der Waals surface area (Å²) < 4.78 is 0. The summed E-state index contributed by atoms with van der Waals surface area (Å²) in [6.45, 7) is 5.49. The first-order chi connectivity index (χ1) is 13.5. The number of unbranched alkanes of at least 4 members (excludes halogenated alkanes) is 2. The van der Waals surface area contributed by atoms with E-state index >= 15 is 0 Å². The summed E-state index contributed by atoms with van der Waals surface area (Å²) >= 11 is 0. The van der Waals surface area contributed by atoms with Crippen LogP contribution < -0.4 is 0 Å². The number of ketones is 1. The van der Waals surface area contributed by atoms with E-state index < -0.39 is 0 Å². The Morgan fingerprint density at radius 3 is 2.46 bits per heavy atom. The lowest BCUT2D eigenvalue weighted by atomic mass is 9.86. The molecule has 2 aromatic carbocycles. The van der Waals surface area contributed by atoms with Crippen molar-refractivity contribution in [2.24, 2.45) is 0 Å². The monoisotopic (exact) mass is 377 g/mol. The maximum absolute atomic E-state index is 12.7. The molecule has 0 bridgehead atoms. The summed E-state index contributed by atoms with van der Waals surface area (Å²) in [6, 6.07) is 12.5. The first kappa shape index (κ1) is 19.5. The van der Waals surface area contributed by atoms with Gasteiger partial charge in [0, 0.05) is 12.3 Å². The number of fused-ring (bicyclic) bond motifs is 1. The Bertz CT molecular complexity index is 990. The Morgan fingerprint density at radius 1 is 1.18 bits per heavy atom. The van der Waals surface area contributed by atoms with Crippen LogP contribution in [-0.4, -0.2) is 32.2 Å². The van der Waals surface area contributed by atoms with Crippen LogP contribution in [0.5, 0.6) is 5.75 Å². The first-order valence-corrected chi connectivity index (χ1v) is 9.30. The molecule has 6 heteroatoms. The molecule has 0 saturated carbocycles. The van der Waals surface area contributed by atoms with Crippen molar-refractivity contribution < 1.29 is 14.7 Å². The molecule has 0 aliphatic carbocycles. The number of phenols is 1. The van der Waals surface area contributed by atoms with Crippen molar-refractivity contribution >= 4 is 23.1 Å². The fraction of sp³-hybridized carbons (Fsp3) is 0.273. The van der Waals surface area contributed by atoms with Gasteiger partial charge in [-0.2, -0.15) is 0 Å². The number of Topliss-reactive ketones (excluding diaryl/α,β-unsaturated/α-hetero) is 1. The van der Waals surface area contributed by atoms with Gasteiger partial charge in [0.2, 0.25) is 0 Å². The average Bonchev–Trinajstić information content (AvgIpc) is 3.12. The highest BCUT2D eigenvalue weighted by Gasteiger charge is 2.22. The molecule has 144 valence electrons. The number of carbonyl (C=O) groups is 2. The molecule has 1 unspecified atom stereocenters. The van der Waals surface area contributed by atoms with Gasteiger partial charge in [-0.25, -0.2) is 0 Å². The number of aromatic nitrogens is 3. The van der Waals surface area contributed by atoms with Gasteiger partial charge < -0.3 is 9.90 Å². The zero-order valence-electron chi connectivity index (χ0n) is 15.8. The third-order valence-electron chi connectivity index (χ3n) is 4.71. The Kier molecular flexibility index (Phi) is 5.99. The van der Waals surface area contributed by atoms with Crippen LogP contribution in [0.2, 0.25) is 0 Å². The number of nitrogens with zero attached hydrogens (tertiary/aromatic N) is 3. The maximum atomic E-state index is 12.7. The molecular weight excluding hydrogens is 354 g/mol. The largest absolute Gasteiger partial charge is 0.506 e. The second-order valence-electron chi connectivity index (χ2n) is 6.87. The van der Waals surface area contributed by atoms with E-state index in [0.717, 1.165) is 35.7 Å². The van der Waals surface area contributed by atoms with Crippen LogP contribution in [0, 0.1) is 0 Å². The van der Waals surface area contributed by atoms with Crippen molar-refractivity contribution in [2.75, 3.05) is 0 Å². The number of allylic oxidation sites excluding steroid dienone is 1. The van der Waals surface area contributed by atoms with Crippen LogP contribution in [0.1, 0.15) is 44.1 Å². The van der Waals surface area contributed by atoms with Gasteiger partial charge in [-0.1, -0.05) is 31.2 Å². The number of aldehydes is 1. The predicted molar refractivity (Wildman–Crippen MR) is 108 cm³/mol. The van der Waals surface area contributed by atoms with E-state index in [2.05, 4.69) is 16.8 Å². The molecule has 0 amide bonds. The van der Waals surface area contributed by atoms with Crippen molar-refractivity contribution in [3.05, 3.63) is 60.2 Å². The quantitative estimate of drug-likeness (QED) is 0.344. The number of phenolic OH excluding ortho intramolecular Hbond substituents is 1. The Hall–Kier alpha value is -3.28. The minimum absolute atomic E-state index is 0.0338. The van der Waals surface area contributed by atoms with Gasteiger partial charge in [0.05, 0.1) is 0 Å². The fourth-order valence-electron chi connectivity index (χ4n) is 3.21. The second-order valence-corrected chi connectivity index (χ2v) is 6.87. The molecule has 28 heavy (non-hydrogen) atoms. The van der Waals surface area contributed by atoms with Gasteiger partial charge in [-0.15, -0.1) is 15.0 Å². The molecule has 0 spiro atoms. The Balaban J connectivity index is 1.97. The molecule has 1 N–H and O–H groups in total. The van der Waals surface area contributed by atoms with Gasteiger partial charge in [-0.05, 0) is 55.2 Å². The summed E-state index contributed by atoms with van der Waals surface area (Å²) in [6.07, 6.45) is 3.47. The number of hydrogen-bond donors (Lipinski definition) is 1. The number of carbonyl (C=O) groups excluding carboxylic acids is 2. The van der Waals surface area contributed by atoms with Crippen molar-refractivity contribution in [2.45, 2.75) is 38.5 Å². The van der Waals surface area contributed by atoms with Crippen LogP contribution in [0.15, 0.2) is 54.6 Å². The van der Waals surface area contributed by atoms with E-state index in [9.17, 15) is 14.7 Å². The molecule has 0 radical (unpaired) electrons. The van der Waals surface area contributed by atoms with Crippen molar-refractivity contribution in [3.63, 3.8) is 0 Å². The zero-order chi connectivity index (χ0) is 20.1. The van der Waals surface area contributed by atoms with E-state index in [1.165, 1.54) is 4.80 Å². The summed E-state index contributed by atoms with van der Waals surface area (Å²) in [7, 11) is 0. The molecule has 0 aliphatic heterocycles. The summed E-state index contributed by atoms with van der Waals surface area (Å²) in [5.41, 5.74) is 3.11. The maximum Gasteiger partial charge on any atom is 0.165 e. The minimum atomic E-state index is -0.381. The molecule has 1 atom stereocenters. The first-order valence-electron chi connectivity index (χ1n) is 9.30. The molecule has 3 aromatic rings. The highest BCUT2D eigenvalue weighted by molar-refractivity contribution is 5.99. The van der Waals surface area contributed by atoms with Crippen LogP contribution in [-0.2, 0) is 9.59 Å². The minimum Gasteiger partial charge on any atom is -0.506 e. The SMILES string of the molecule is C=C(C)C(=O)C(CCCCC=O)c1ccc(O)c(-n2nc3ccccc3n2)c1. The highest BCUT2D eigenvalue weighted by atomic mass is 16.3. The topological polar surface area (TPSA) is 85.1 Å². The highest BCUT2D eigenvalue weighted by Crippen LogP contribution is 2.31. The zero-order valence-corrected chi connectivity index (χ0v) is 15.8. The van der Waals surface area contributed by atoms with Gasteiger partial charge >= 0.3 is 0 Å². The third kappa shape index (κ3) is 4.17. The van der Waals surface area contributed by atoms with E-state index in [4.69, 9.17) is 0 Å². The molecule has 0 fully saturated rings. The normalized spacial score (nSPS) is 12.0. The second kappa shape index (κ2) is 8.61. The van der Waals surface area contributed by atoms with Crippen molar-refractivity contribution in [1.82, 2.24) is 15.0 Å². The van der Waals surface area contributed by atoms with Crippen molar-refractivity contribution in [1.29, 1.82) is 0 Å². The van der Waals surface area contributed by atoms with Gasteiger partial charge in [0.15, 0.2) is 5.78 Å². The summed E-state index contributed by atoms with van der Waals surface area (Å²) in [5.74, 6) is -0.388. The van der Waals surface area contributed by atoms with Crippen molar-refractivity contribution in [3.8, 4) is 11.4 Å². The number of rotatable bonds is 9. The lowest BCUT2D eigenvalue weighted by molar-refractivity contribution is -0.117. The van der Waals surface area contributed by atoms with E-state index in [1.54, 1.807) is 25.1 Å². The van der Waals surface area contributed by atoms with Crippen LogP contribution >= 0.6 is 0 Å². The summed E-state index contributed by atoms with van der Waals surface area (Å²) in [4.78, 5) is 24.6. The van der Waals surface area contributed by atoms with Gasteiger partial charge in [-0.3, -0.25) is 4.79 Å². The fourth-order valence-corrected chi connectivity index (χ4v) is 3.21. The van der Waals surface area contributed by atoms with Crippen LogP contribution in [0.3, 0.4) is 0 Å². The van der Waals surface area contributed by atoms with E-state index in [0.29, 0.717) is 24.1 Å². The Morgan fingerprint density at radius 2 is 1.86 bits per heavy atom. The molecule has 3 rings (SSSR count). The average molecular weight is 377 g/mol. The van der Waals surface area contributed by atoms with E-state index in [-0.39, 0.29) is 17.5 Å². The predicted octanol–water partition coefficient (Wildman–Crippen LogP) is 4.11. The Labute approximate surface area is 163 Å². The molecular formula is C22H23N3O3. The third-order valence-corrected chi connectivity index (χ3v) is 4.71.